The minimum Gasteiger partial charge on any atom is -0.456 e. The fourth-order valence-electron chi connectivity index (χ4n) is 8.03. The largest absolute Gasteiger partial charge is 0.456 e. The molecule has 0 spiro atoms. The Hall–Kier alpha value is -7.17. The molecule has 0 bridgehead atoms. The summed E-state index contributed by atoms with van der Waals surface area (Å²) in [5, 5.41) is 11.7. The maximum atomic E-state index is 6.27. The average Bonchev–Trinajstić information content (AvgIpc) is 3.62. The molecule has 11 aromatic rings. The van der Waals surface area contributed by atoms with Crippen LogP contribution in [0.1, 0.15) is 0 Å². The lowest BCUT2D eigenvalue weighted by atomic mass is 9.92. The first-order valence-electron chi connectivity index (χ1n) is 17.9. The second kappa shape index (κ2) is 11.7. The van der Waals surface area contributed by atoms with Crippen molar-refractivity contribution in [1.29, 1.82) is 0 Å². The van der Waals surface area contributed by atoms with Crippen molar-refractivity contribution in [2.75, 3.05) is 0 Å². The van der Waals surface area contributed by atoms with Crippen LogP contribution in [-0.4, -0.2) is 15.0 Å². The third-order valence-corrected chi connectivity index (χ3v) is 10.5. The molecule has 0 aliphatic rings. The van der Waals surface area contributed by atoms with Crippen molar-refractivity contribution in [3.05, 3.63) is 176 Å². The van der Waals surface area contributed by atoms with Gasteiger partial charge < -0.3 is 4.42 Å². The van der Waals surface area contributed by atoms with Crippen molar-refractivity contribution < 1.29 is 4.42 Å². The second-order valence-corrected chi connectivity index (χ2v) is 13.5. The van der Waals surface area contributed by atoms with Crippen LogP contribution in [0.4, 0.5) is 0 Å². The standard InChI is InChI=1S/C49H29N3O/c1-2-12-32(13-3-1)47-50-48(33-22-21-31-24-25-37-34-14-5-4-11-30(34)23-26-39(37)43(31)29-33)52-49(51-47)41-28-27-38(35-15-6-7-16-36(35)41)40-18-10-20-45-46(40)42-17-8-9-19-44(42)53-45/h1-29H. The van der Waals surface area contributed by atoms with Crippen LogP contribution in [0.2, 0.25) is 0 Å². The number of furan rings is 1. The molecule has 53 heavy (non-hydrogen) atoms. The van der Waals surface area contributed by atoms with Crippen molar-refractivity contribution >= 4 is 65.0 Å². The second-order valence-electron chi connectivity index (χ2n) is 13.5. The summed E-state index contributed by atoms with van der Waals surface area (Å²) >= 11 is 0. The van der Waals surface area contributed by atoms with Gasteiger partial charge in [-0.25, -0.2) is 15.0 Å². The summed E-state index contributed by atoms with van der Waals surface area (Å²) in [6.45, 7) is 0. The highest BCUT2D eigenvalue weighted by Crippen LogP contribution is 2.42. The summed E-state index contributed by atoms with van der Waals surface area (Å²) in [5.41, 5.74) is 6.86. The SMILES string of the molecule is c1ccc(-c2nc(-c3ccc4ccc5c6ccccc6ccc5c4c3)nc(-c3ccc(-c4cccc5oc6ccccc6c45)c4ccccc34)n2)cc1. The van der Waals surface area contributed by atoms with Crippen LogP contribution in [0.25, 0.3) is 110 Å². The maximum absolute atomic E-state index is 6.27. The molecule has 0 radical (unpaired) electrons. The summed E-state index contributed by atoms with van der Waals surface area (Å²) in [6.07, 6.45) is 0. The van der Waals surface area contributed by atoms with Gasteiger partial charge in [0, 0.05) is 27.5 Å². The Kier molecular flexibility index (Phi) is 6.52. The molecule has 4 heteroatoms. The van der Waals surface area contributed by atoms with Crippen LogP contribution in [0.3, 0.4) is 0 Å². The summed E-state index contributed by atoms with van der Waals surface area (Å²) in [5.74, 6) is 1.90. The number of rotatable bonds is 4. The van der Waals surface area contributed by atoms with E-state index in [0.29, 0.717) is 17.5 Å². The van der Waals surface area contributed by atoms with Gasteiger partial charge in [0.1, 0.15) is 11.2 Å². The number of para-hydroxylation sites is 1. The Morgan fingerprint density at radius 3 is 1.72 bits per heavy atom. The molecule has 11 rings (SSSR count). The normalized spacial score (nSPS) is 11.8. The molecule has 0 atom stereocenters. The van der Waals surface area contributed by atoms with Crippen LogP contribution in [0, 0.1) is 0 Å². The van der Waals surface area contributed by atoms with Gasteiger partial charge in [0.25, 0.3) is 0 Å². The fourth-order valence-corrected chi connectivity index (χ4v) is 8.03. The Balaban J connectivity index is 1.13. The van der Waals surface area contributed by atoms with E-state index in [9.17, 15) is 0 Å². The monoisotopic (exact) mass is 675 g/mol. The molecule has 0 fully saturated rings. The van der Waals surface area contributed by atoms with Gasteiger partial charge in [0.2, 0.25) is 0 Å². The van der Waals surface area contributed by atoms with Crippen molar-refractivity contribution in [3.8, 4) is 45.3 Å². The number of aromatic nitrogens is 3. The van der Waals surface area contributed by atoms with E-state index < -0.39 is 0 Å². The van der Waals surface area contributed by atoms with E-state index in [-0.39, 0.29) is 0 Å². The molecule has 0 aliphatic carbocycles. The van der Waals surface area contributed by atoms with E-state index in [1.807, 2.05) is 36.4 Å². The summed E-state index contributed by atoms with van der Waals surface area (Å²) in [6, 6.07) is 61.6. The third-order valence-electron chi connectivity index (χ3n) is 10.5. The zero-order chi connectivity index (χ0) is 34.9. The number of nitrogens with zero attached hydrogens (tertiary/aromatic N) is 3. The molecule has 0 N–H and O–H groups in total. The third kappa shape index (κ3) is 4.73. The average molecular weight is 676 g/mol. The van der Waals surface area contributed by atoms with E-state index in [1.54, 1.807) is 0 Å². The summed E-state index contributed by atoms with van der Waals surface area (Å²) in [4.78, 5) is 15.5. The maximum Gasteiger partial charge on any atom is 0.164 e. The van der Waals surface area contributed by atoms with Gasteiger partial charge in [0.05, 0.1) is 0 Å². The van der Waals surface area contributed by atoms with E-state index in [1.165, 1.54) is 32.3 Å². The van der Waals surface area contributed by atoms with Gasteiger partial charge in [0.15, 0.2) is 17.5 Å². The van der Waals surface area contributed by atoms with Crippen LogP contribution in [-0.2, 0) is 0 Å². The Morgan fingerprint density at radius 1 is 0.302 bits per heavy atom. The molecule has 0 saturated carbocycles. The highest BCUT2D eigenvalue weighted by atomic mass is 16.3. The van der Waals surface area contributed by atoms with Crippen LogP contribution >= 0.6 is 0 Å². The summed E-state index contributed by atoms with van der Waals surface area (Å²) in [7, 11) is 0. The first-order valence-corrected chi connectivity index (χ1v) is 17.9. The molecule has 0 amide bonds. The van der Waals surface area contributed by atoms with E-state index >= 15 is 0 Å². The van der Waals surface area contributed by atoms with E-state index in [0.717, 1.165) is 60.5 Å². The summed E-state index contributed by atoms with van der Waals surface area (Å²) < 4.78 is 6.27. The molecule has 0 unspecified atom stereocenters. The number of hydrogen-bond acceptors (Lipinski definition) is 4. The number of hydrogen-bond donors (Lipinski definition) is 0. The minimum atomic E-state index is 0.632. The Bertz CT molecular complexity index is 3240. The van der Waals surface area contributed by atoms with Gasteiger partial charge >= 0.3 is 0 Å². The highest BCUT2D eigenvalue weighted by molar-refractivity contribution is 6.18. The molecule has 0 saturated heterocycles. The van der Waals surface area contributed by atoms with Crippen molar-refractivity contribution in [1.82, 2.24) is 15.0 Å². The molecular weight excluding hydrogens is 647 g/mol. The zero-order valence-electron chi connectivity index (χ0n) is 28.5. The van der Waals surface area contributed by atoms with Gasteiger partial charge in [-0.2, -0.15) is 0 Å². The highest BCUT2D eigenvalue weighted by Gasteiger charge is 2.19. The predicted molar refractivity (Wildman–Crippen MR) is 219 cm³/mol. The van der Waals surface area contributed by atoms with Gasteiger partial charge in [-0.15, -0.1) is 0 Å². The lowest BCUT2D eigenvalue weighted by molar-refractivity contribution is 0.669. The van der Waals surface area contributed by atoms with Crippen molar-refractivity contribution in [2.24, 2.45) is 0 Å². The van der Waals surface area contributed by atoms with Crippen LogP contribution in [0.5, 0.6) is 0 Å². The smallest absolute Gasteiger partial charge is 0.164 e. The lowest BCUT2D eigenvalue weighted by Gasteiger charge is -2.14. The van der Waals surface area contributed by atoms with Gasteiger partial charge in [-0.1, -0.05) is 152 Å². The molecule has 2 aromatic heterocycles. The molecule has 0 aliphatic heterocycles. The Labute approximate surface area is 304 Å². The van der Waals surface area contributed by atoms with E-state index in [2.05, 4.69) is 140 Å². The Morgan fingerprint density at radius 2 is 0.887 bits per heavy atom. The minimum absolute atomic E-state index is 0.632. The topological polar surface area (TPSA) is 51.8 Å². The lowest BCUT2D eigenvalue weighted by Crippen LogP contribution is -2.01. The van der Waals surface area contributed by atoms with Crippen molar-refractivity contribution in [3.63, 3.8) is 0 Å². The molecule has 2 heterocycles. The van der Waals surface area contributed by atoms with Crippen LogP contribution < -0.4 is 0 Å². The molecule has 246 valence electrons. The predicted octanol–water partition coefficient (Wildman–Crippen LogP) is 13.1. The van der Waals surface area contributed by atoms with Gasteiger partial charge in [-0.3, -0.25) is 0 Å². The zero-order valence-corrected chi connectivity index (χ0v) is 28.5. The van der Waals surface area contributed by atoms with Crippen molar-refractivity contribution in [2.45, 2.75) is 0 Å². The quantitative estimate of drug-likeness (QED) is 0.174. The van der Waals surface area contributed by atoms with Gasteiger partial charge in [-0.05, 0) is 78.5 Å². The molecular formula is C49H29N3O. The number of benzene rings is 9. The molecule has 9 aromatic carbocycles. The first-order chi connectivity index (χ1) is 26.3. The van der Waals surface area contributed by atoms with E-state index in [4.69, 9.17) is 19.4 Å². The molecule has 4 nitrogen and oxygen atoms in total. The number of fused-ring (bicyclic) bond motifs is 9. The fraction of sp³-hybridized carbons (Fsp3) is 0. The van der Waals surface area contributed by atoms with Crippen LogP contribution in [0.15, 0.2) is 180 Å². The first kappa shape index (κ1) is 29.5.